The zero-order chi connectivity index (χ0) is 10.3. The van der Waals surface area contributed by atoms with Crippen molar-refractivity contribution in [2.24, 2.45) is 0 Å². The van der Waals surface area contributed by atoms with Crippen LogP contribution in [-0.2, 0) is 6.42 Å². The first-order chi connectivity index (χ1) is 7.38. The molecule has 0 aliphatic heterocycles. The average molecular weight is 194 g/mol. The van der Waals surface area contributed by atoms with E-state index in [1.54, 1.807) is 0 Å². The van der Waals surface area contributed by atoms with Gasteiger partial charge >= 0.3 is 0 Å². The Kier molecular flexibility index (Phi) is 1.66. The number of nitrogens with one attached hydrogen (secondary N) is 1. The summed E-state index contributed by atoms with van der Waals surface area (Å²) in [5.41, 5.74) is 4.37. The maximum absolute atomic E-state index is 8.82. The fourth-order valence-electron chi connectivity index (χ4n) is 2.16. The van der Waals surface area contributed by atoms with Gasteiger partial charge in [-0.1, -0.05) is 18.2 Å². The van der Waals surface area contributed by atoms with E-state index < -0.39 is 0 Å². The maximum Gasteiger partial charge on any atom is 0.0992 e. The van der Waals surface area contributed by atoms with E-state index in [-0.39, 0.29) is 0 Å². The second kappa shape index (κ2) is 2.99. The molecule has 3 rings (SSSR count). The van der Waals surface area contributed by atoms with E-state index in [0.717, 1.165) is 18.4 Å². The van der Waals surface area contributed by atoms with E-state index >= 15 is 0 Å². The van der Waals surface area contributed by atoms with Gasteiger partial charge in [-0.2, -0.15) is 5.26 Å². The molecule has 0 saturated carbocycles. The van der Waals surface area contributed by atoms with Gasteiger partial charge in [-0.05, 0) is 25.0 Å². The summed E-state index contributed by atoms with van der Waals surface area (Å²) in [6, 6.07) is 7.98. The number of nitrogens with zero attached hydrogens (tertiary/aromatic N) is 1. The van der Waals surface area contributed by atoms with Gasteiger partial charge in [-0.3, -0.25) is 0 Å². The molecule has 0 radical (unpaired) electrons. The van der Waals surface area contributed by atoms with Gasteiger partial charge in [0, 0.05) is 22.2 Å². The van der Waals surface area contributed by atoms with Gasteiger partial charge < -0.3 is 4.98 Å². The molecule has 0 unspecified atom stereocenters. The van der Waals surface area contributed by atoms with E-state index in [0.29, 0.717) is 5.56 Å². The molecule has 1 heterocycles. The van der Waals surface area contributed by atoms with Crippen LogP contribution < -0.4 is 0 Å². The predicted octanol–water partition coefficient (Wildman–Crippen LogP) is 3.00. The molecule has 1 N–H and O–H groups in total. The first kappa shape index (κ1) is 8.31. The lowest BCUT2D eigenvalue weighted by atomic mass is 10.0. The number of H-pyrrole nitrogens is 1. The van der Waals surface area contributed by atoms with Crippen LogP contribution in [-0.4, -0.2) is 4.98 Å². The normalized spacial score (nSPS) is 13.8. The zero-order valence-corrected chi connectivity index (χ0v) is 8.25. The molecule has 0 spiro atoms. The second-order valence-corrected chi connectivity index (χ2v) is 3.83. The molecule has 2 nitrogen and oxygen atoms in total. The minimum absolute atomic E-state index is 0.713. The number of hydrogen-bond acceptors (Lipinski definition) is 1. The van der Waals surface area contributed by atoms with Crippen LogP contribution in [0.5, 0.6) is 0 Å². The van der Waals surface area contributed by atoms with Crippen molar-refractivity contribution in [2.75, 3.05) is 0 Å². The molecule has 2 aromatic rings. The zero-order valence-electron chi connectivity index (χ0n) is 8.25. The lowest BCUT2D eigenvalue weighted by Crippen LogP contribution is -1.90. The van der Waals surface area contributed by atoms with E-state index in [1.165, 1.54) is 16.6 Å². The van der Waals surface area contributed by atoms with Crippen molar-refractivity contribution in [1.82, 2.24) is 4.98 Å². The van der Waals surface area contributed by atoms with E-state index in [4.69, 9.17) is 5.26 Å². The standard InChI is InChI=1S/C13H10N2/c14-8-9-5-6-11-10-3-1-2-4-12(10)15-13(11)7-9/h1,3,5-7,15H,2,4H2. The highest BCUT2D eigenvalue weighted by Crippen LogP contribution is 2.28. The lowest BCUT2D eigenvalue weighted by Gasteiger charge is -2.03. The van der Waals surface area contributed by atoms with Gasteiger partial charge in [0.15, 0.2) is 0 Å². The number of aryl methyl sites for hydroxylation is 1. The molecular formula is C13H10N2. The molecule has 1 aliphatic carbocycles. The Morgan fingerprint density at radius 1 is 1.33 bits per heavy atom. The number of allylic oxidation sites excluding steroid dienone is 1. The fourth-order valence-corrected chi connectivity index (χ4v) is 2.16. The van der Waals surface area contributed by atoms with E-state index in [2.05, 4.69) is 23.2 Å². The van der Waals surface area contributed by atoms with Crippen LogP contribution in [0, 0.1) is 11.3 Å². The van der Waals surface area contributed by atoms with Gasteiger partial charge in [0.1, 0.15) is 0 Å². The van der Waals surface area contributed by atoms with E-state index in [1.807, 2.05) is 18.2 Å². The van der Waals surface area contributed by atoms with Crippen molar-refractivity contribution < 1.29 is 0 Å². The molecule has 1 aliphatic rings. The van der Waals surface area contributed by atoms with Crippen molar-refractivity contribution in [1.29, 1.82) is 5.26 Å². The first-order valence-corrected chi connectivity index (χ1v) is 5.10. The third kappa shape index (κ3) is 1.17. The summed E-state index contributed by atoms with van der Waals surface area (Å²) in [5, 5.41) is 10.0. The molecule has 72 valence electrons. The summed E-state index contributed by atoms with van der Waals surface area (Å²) in [7, 11) is 0. The summed E-state index contributed by atoms with van der Waals surface area (Å²) in [5.74, 6) is 0. The number of nitriles is 1. The molecule has 0 bridgehead atoms. The smallest absolute Gasteiger partial charge is 0.0992 e. The van der Waals surface area contributed by atoms with Gasteiger partial charge in [0.05, 0.1) is 11.6 Å². The third-order valence-corrected chi connectivity index (χ3v) is 2.90. The second-order valence-electron chi connectivity index (χ2n) is 3.83. The SMILES string of the molecule is N#Cc1ccc2c3c([nH]c2c1)CCC=C3. The molecule has 1 aromatic carbocycles. The van der Waals surface area contributed by atoms with E-state index in [9.17, 15) is 0 Å². The molecule has 15 heavy (non-hydrogen) atoms. The molecular weight excluding hydrogens is 184 g/mol. The molecule has 0 saturated heterocycles. The number of aromatic nitrogens is 1. The number of rotatable bonds is 0. The number of aromatic amines is 1. The van der Waals surface area contributed by atoms with Crippen LogP contribution in [0.4, 0.5) is 0 Å². The van der Waals surface area contributed by atoms with Crippen LogP contribution in [0.15, 0.2) is 24.3 Å². The van der Waals surface area contributed by atoms with Gasteiger partial charge in [0.25, 0.3) is 0 Å². The third-order valence-electron chi connectivity index (χ3n) is 2.90. The Morgan fingerprint density at radius 2 is 2.27 bits per heavy atom. The Labute approximate surface area is 87.8 Å². The minimum atomic E-state index is 0.713. The van der Waals surface area contributed by atoms with Crippen molar-refractivity contribution in [3.8, 4) is 6.07 Å². The van der Waals surface area contributed by atoms with Crippen LogP contribution in [0.3, 0.4) is 0 Å². The summed E-state index contributed by atoms with van der Waals surface area (Å²) in [6.07, 6.45) is 6.55. The van der Waals surface area contributed by atoms with Gasteiger partial charge in [-0.15, -0.1) is 0 Å². The maximum atomic E-state index is 8.82. The monoisotopic (exact) mass is 194 g/mol. The summed E-state index contributed by atoms with van der Waals surface area (Å²) < 4.78 is 0. The summed E-state index contributed by atoms with van der Waals surface area (Å²) in [4.78, 5) is 3.39. The minimum Gasteiger partial charge on any atom is -0.358 e. The molecule has 1 aromatic heterocycles. The van der Waals surface area contributed by atoms with Crippen LogP contribution in [0.1, 0.15) is 23.2 Å². The van der Waals surface area contributed by atoms with Crippen LogP contribution in [0.25, 0.3) is 17.0 Å². The van der Waals surface area contributed by atoms with Crippen molar-refractivity contribution in [2.45, 2.75) is 12.8 Å². The highest BCUT2D eigenvalue weighted by molar-refractivity contribution is 5.91. The molecule has 0 fully saturated rings. The Balaban J connectivity index is 2.34. The number of fused-ring (bicyclic) bond motifs is 3. The summed E-state index contributed by atoms with van der Waals surface area (Å²) >= 11 is 0. The quantitative estimate of drug-likeness (QED) is 0.688. The first-order valence-electron chi connectivity index (χ1n) is 5.10. The predicted molar refractivity (Wildman–Crippen MR) is 60.4 cm³/mol. The Morgan fingerprint density at radius 3 is 3.13 bits per heavy atom. The average Bonchev–Trinajstić information content (AvgIpc) is 2.66. The van der Waals surface area contributed by atoms with Gasteiger partial charge in [-0.25, -0.2) is 0 Å². The molecule has 0 atom stereocenters. The van der Waals surface area contributed by atoms with Crippen LogP contribution in [0.2, 0.25) is 0 Å². The van der Waals surface area contributed by atoms with Crippen molar-refractivity contribution >= 4 is 17.0 Å². The van der Waals surface area contributed by atoms with Gasteiger partial charge in [0.2, 0.25) is 0 Å². The lowest BCUT2D eigenvalue weighted by molar-refractivity contribution is 0.951. The number of hydrogen-bond donors (Lipinski definition) is 1. The largest absolute Gasteiger partial charge is 0.358 e. The topological polar surface area (TPSA) is 39.6 Å². The molecule has 0 amide bonds. The fraction of sp³-hybridized carbons (Fsp3) is 0.154. The Hall–Kier alpha value is -2.01. The summed E-state index contributed by atoms with van der Waals surface area (Å²) in [6.45, 7) is 0. The highest BCUT2D eigenvalue weighted by atomic mass is 14.7. The highest BCUT2D eigenvalue weighted by Gasteiger charge is 2.11. The van der Waals surface area contributed by atoms with Crippen LogP contribution >= 0.6 is 0 Å². The van der Waals surface area contributed by atoms with Crippen molar-refractivity contribution in [3.05, 3.63) is 41.1 Å². The molecule has 2 heteroatoms. The van der Waals surface area contributed by atoms with Crippen molar-refractivity contribution in [3.63, 3.8) is 0 Å². The number of benzene rings is 1. The Bertz CT molecular complexity index is 597.